The molecule has 0 amide bonds. The minimum atomic E-state index is -0.413. The first-order valence-electron chi connectivity index (χ1n) is 5.94. The van der Waals surface area contributed by atoms with E-state index in [9.17, 15) is 4.79 Å². The Kier molecular flexibility index (Phi) is 3.85. The van der Waals surface area contributed by atoms with Gasteiger partial charge in [0, 0.05) is 9.89 Å². The summed E-state index contributed by atoms with van der Waals surface area (Å²) in [7, 11) is 0. The fourth-order valence-corrected chi connectivity index (χ4v) is 1.83. The zero-order valence-corrected chi connectivity index (χ0v) is 12.7. The Morgan fingerprint density at radius 2 is 2.05 bits per heavy atom. The molecule has 0 spiro atoms. The van der Waals surface area contributed by atoms with Crippen LogP contribution in [0.3, 0.4) is 0 Å². The number of fused-ring (bicyclic) bond motifs is 1. The number of hydrogen-bond donors (Lipinski definition) is 0. The zero-order valence-electron chi connectivity index (χ0n) is 11.1. The van der Waals surface area contributed by atoms with Gasteiger partial charge in [0.2, 0.25) is 5.88 Å². The van der Waals surface area contributed by atoms with Crippen molar-refractivity contribution in [2.75, 3.05) is 6.61 Å². The molecule has 0 atom stereocenters. The number of ether oxygens (including phenoxy) is 1. The molecule has 100 valence electrons. The van der Waals surface area contributed by atoms with Crippen LogP contribution in [0.15, 0.2) is 29.0 Å². The Labute approximate surface area is 120 Å². The summed E-state index contributed by atoms with van der Waals surface area (Å²) in [5.41, 5.74) is 0.375. The van der Waals surface area contributed by atoms with Gasteiger partial charge in [0.25, 0.3) is 0 Å². The summed E-state index contributed by atoms with van der Waals surface area (Å²) >= 11 is 3.40. The van der Waals surface area contributed by atoms with Crippen molar-refractivity contribution in [3.63, 3.8) is 0 Å². The third-order valence-corrected chi connectivity index (χ3v) is 3.23. The van der Waals surface area contributed by atoms with Crippen molar-refractivity contribution in [2.45, 2.75) is 20.8 Å². The number of benzene rings is 1. The zero-order chi connectivity index (χ0) is 14.0. The molecular weight excluding hydrogens is 308 g/mol. The van der Waals surface area contributed by atoms with Gasteiger partial charge in [0.05, 0.1) is 10.9 Å². The number of hydrogen-bond acceptors (Lipinski definition) is 4. The van der Waals surface area contributed by atoms with E-state index in [1.54, 1.807) is 0 Å². The summed E-state index contributed by atoms with van der Waals surface area (Å²) in [6, 6.07) is 5.66. The highest BCUT2D eigenvalue weighted by atomic mass is 79.9. The molecule has 19 heavy (non-hydrogen) atoms. The molecule has 5 heteroatoms. The van der Waals surface area contributed by atoms with Crippen LogP contribution in [-0.2, 0) is 4.79 Å². The van der Waals surface area contributed by atoms with Crippen LogP contribution < -0.4 is 4.74 Å². The van der Waals surface area contributed by atoms with Crippen molar-refractivity contribution in [1.82, 2.24) is 9.97 Å². The van der Waals surface area contributed by atoms with E-state index in [1.165, 1.54) is 6.33 Å². The largest absolute Gasteiger partial charge is 0.469 e. The highest BCUT2D eigenvalue weighted by Gasteiger charge is 2.22. The first kappa shape index (κ1) is 13.9. The molecule has 0 N–H and O–H groups in total. The lowest BCUT2D eigenvalue weighted by atomic mass is 9.91. The molecule has 2 aromatic rings. The van der Waals surface area contributed by atoms with Gasteiger partial charge in [-0.2, -0.15) is 0 Å². The van der Waals surface area contributed by atoms with Crippen LogP contribution in [0.1, 0.15) is 20.8 Å². The summed E-state index contributed by atoms with van der Waals surface area (Å²) in [4.78, 5) is 20.1. The number of carbonyl (C=O) groups excluding carboxylic acids is 1. The van der Waals surface area contributed by atoms with E-state index in [4.69, 9.17) is 4.74 Å². The second-order valence-corrected chi connectivity index (χ2v) is 6.22. The molecule has 0 fully saturated rings. The second-order valence-electron chi connectivity index (χ2n) is 5.30. The van der Waals surface area contributed by atoms with Crippen LogP contribution in [0.5, 0.6) is 5.88 Å². The van der Waals surface area contributed by atoms with Crippen molar-refractivity contribution in [2.24, 2.45) is 5.41 Å². The Hall–Kier alpha value is -1.49. The van der Waals surface area contributed by atoms with Gasteiger partial charge in [-0.25, -0.2) is 9.97 Å². The van der Waals surface area contributed by atoms with Crippen molar-refractivity contribution in [3.05, 3.63) is 29.0 Å². The quantitative estimate of drug-likeness (QED) is 0.869. The van der Waals surface area contributed by atoms with Crippen molar-refractivity contribution < 1.29 is 9.53 Å². The van der Waals surface area contributed by atoms with Crippen molar-refractivity contribution in [3.8, 4) is 5.88 Å². The number of aromatic nitrogens is 2. The van der Waals surface area contributed by atoms with Gasteiger partial charge < -0.3 is 4.74 Å². The number of carbonyl (C=O) groups is 1. The van der Waals surface area contributed by atoms with Crippen LogP contribution in [0.25, 0.3) is 10.9 Å². The maximum Gasteiger partial charge on any atom is 0.224 e. The summed E-state index contributed by atoms with van der Waals surface area (Å²) in [5.74, 6) is 0.471. The van der Waals surface area contributed by atoms with Crippen LogP contribution in [0.4, 0.5) is 0 Å². The maximum atomic E-state index is 11.9. The molecule has 0 bridgehead atoms. The molecule has 0 saturated carbocycles. The maximum absolute atomic E-state index is 11.9. The van der Waals surface area contributed by atoms with Gasteiger partial charge >= 0.3 is 0 Å². The number of rotatable bonds is 3. The van der Waals surface area contributed by atoms with Crippen LogP contribution in [-0.4, -0.2) is 22.4 Å². The minimum Gasteiger partial charge on any atom is -0.469 e. The Morgan fingerprint density at radius 3 is 2.74 bits per heavy atom. The van der Waals surface area contributed by atoms with Gasteiger partial charge in [0.15, 0.2) is 5.78 Å². The van der Waals surface area contributed by atoms with Crippen LogP contribution >= 0.6 is 15.9 Å². The molecular formula is C14H15BrN2O2. The standard InChI is InChI=1S/C14H15BrN2O2/c1-14(2,3)12(18)7-19-13-10-6-9(15)4-5-11(10)16-8-17-13/h4-6,8H,7H2,1-3H3. The lowest BCUT2D eigenvalue weighted by Crippen LogP contribution is -2.26. The summed E-state index contributed by atoms with van der Waals surface area (Å²) < 4.78 is 6.46. The first-order valence-corrected chi connectivity index (χ1v) is 6.73. The Bertz CT molecular complexity index is 620. The average molecular weight is 323 g/mol. The predicted molar refractivity (Wildman–Crippen MR) is 77.2 cm³/mol. The summed E-state index contributed by atoms with van der Waals surface area (Å²) in [6.45, 7) is 5.62. The average Bonchev–Trinajstić information content (AvgIpc) is 2.34. The fourth-order valence-electron chi connectivity index (χ4n) is 1.47. The Morgan fingerprint density at radius 1 is 1.32 bits per heavy atom. The summed E-state index contributed by atoms with van der Waals surface area (Å²) in [5, 5.41) is 0.790. The van der Waals surface area contributed by atoms with Crippen LogP contribution in [0, 0.1) is 5.41 Å². The van der Waals surface area contributed by atoms with E-state index < -0.39 is 5.41 Å². The van der Waals surface area contributed by atoms with E-state index in [0.717, 1.165) is 15.4 Å². The number of halogens is 1. The van der Waals surface area contributed by atoms with Gasteiger partial charge in [-0.15, -0.1) is 0 Å². The van der Waals surface area contributed by atoms with E-state index in [-0.39, 0.29) is 12.4 Å². The molecule has 0 saturated heterocycles. The molecule has 0 unspecified atom stereocenters. The lowest BCUT2D eigenvalue weighted by molar-refractivity contribution is -0.128. The lowest BCUT2D eigenvalue weighted by Gasteiger charge is -2.16. The predicted octanol–water partition coefficient (Wildman–Crippen LogP) is 3.39. The van der Waals surface area contributed by atoms with Gasteiger partial charge in [-0.05, 0) is 18.2 Å². The second kappa shape index (κ2) is 5.25. The van der Waals surface area contributed by atoms with E-state index in [2.05, 4.69) is 25.9 Å². The molecule has 1 aromatic heterocycles. The number of Topliss-reactive ketones (excluding diaryl/α,β-unsaturated/α-hetero) is 1. The normalized spacial score (nSPS) is 11.6. The van der Waals surface area contributed by atoms with E-state index in [0.29, 0.717) is 5.88 Å². The van der Waals surface area contributed by atoms with E-state index >= 15 is 0 Å². The highest BCUT2D eigenvalue weighted by Crippen LogP contribution is 2.25. The van der Waals surface area contributed by atoms with Crippen molar-refractivity contribution in [1.29, 1.82) is 0 Å². The third-order valence-electron chi connectivity index (χ3n) is 2.74. The monoisotopic (exact) mass is 322 g/mol. The molecule has 1 aromatic carbocycles. The van der Waals surface area contributed by atoms with Crippen LogP contribution in [0.2, 0.25) is 0 Å². The summed E-state index contributed by atoms with van der Waals surface area (Å²) in [6.07, 6.45) is 1.44. The minimum absolute atomic E-state index is 0.0160. The first-order chi connectivity index (χ1) is 8.88. The third kappa shape index (κ3) is 3.29. The smallest absolute Gasteiger partial charge is 0.224 e. The number of nitrogens with zero attached hydrogens (tertiary/aromatic N) is 2. The molecule has 1 heterocycles. The highest BCUT2D eigenvalue weighted by molar-refractivity contribution is 9.10. The SMILES string of the molecule is CC(C)(C)C(=O)COc1ncnc2ccc(Br)cc12. The molecule has 0 aliphatic heterocycles. The van der Waals surface area contributed by atoms with Gasteiger partial charge in [-0.3, -0.25) is 4.79 Å². The van der Waals surface area contributed by atoms with Gasteiger partial charge in [0.1, 0.15) is 12.9 Å². The van der Waals surface area contributed by atoms with E-state index in [1.807, 2.05) is 39.0 Å². The van der Waals surface area contributed by atoms with Gasteiger partial charge in [-0.1, -0.05) is 36.7 Å². The number of ketones is 1. The fraction of sp³-hybridized carbons (Fsp3) is 0.357. The Balaban J connectivity index is 2.26. The molecule has 0 aliphatic rings. The molecule has 0 radical (unpaired) electrons. The topological polar surface area (TPSA) is 52.1 Å². The van der Waals surface area contributed by atoms with Crippen molar-refractivity contribution >= 4 is 32.6 Å². The molecule has 4 nitrogen and oxygen atoms in total. The molecule has 0 aliphatic carbocycles. The molecule has 2 rings (SSSR count).